The molecule has 1 amide bonds. The Morgan fingerprint density at radius 3 is 2.87 bits per heavy atom. The molecule has 2 aromatic heterocycles. The summed E-state index contributed by atoms with van der Waals surface area (Å²) in [6.45, 7) is 4.88. The van der Waals surface area contributed by atoms with Crippen LogP contribution < -0.4 is 5.32 Å². The van der Waals surface area contributed by atoms with Crippen LogP contribution in [0.2, 0.25) is 0 Å². The van der Waals surface area contributed by atoms with Crippen LogP contribution in [0.5, 0.6) is 0 Å². The highest BCUT2D eigenvalue weighted by Crippen LogP contribution is 2.24. The first-order chi connectivity index (χ1) is 10.8. The van der Waals surface area contributed by atoms with E-state index in [0.29, 0.717) is 11.7 Å². The molecule has 3 rings (SSSR count). The van der Waals surface area contributed by atoms with E-state index in [1.807, 2.05) is 28.5 Å². The number of amides is 1. The summed E-state index contributed by atoms with van der Waals surface area (Å²) in [5.74, 6) is 0.0489. The Balaban J connectivity index is 0.00000192. The molecule has 2 aromatic rings. The number of halogens is 1. The molecule has 0 radical (unpaired) electrons. The van der Waals surface area contributed by atoms with E-state index in [1.165, 1.54) is 0 Å². The van der Waals surface area contributed by atoms with Gasteiger partial charge in [0.25, 0.3) is 5.91 Å². The van der Waals surface area contributed by atoms with Crippen LogP contribution in [-0.2, 0) is 0 Å². The lowest BCUT2D eigenvalue weighted by molar-refractivity contribution is 0.0636. The van der Waals surface area contributed by atoms with E-state index in [1.54, 1.807) is 11.3 Å². The average Bonchev–Trinajstić information content (AvgIpc) is 3.23. The summed E-state index contributed by atoms with van der Waals surface area (Å²) < 4.78 is 0. The number of piperidine rings is 1. The largest absolute Gasteiger partial charge is 0.334 e. The van der Waals surface area contributed by atoms with Gasteiger partial charge in [-0.2, -0.15) is 5.10 Å². The van der Waals surface area contributed by atoms with Gasteiger partial charge in [-0.1, -0.05) is 13.0 Å². The molecule has 1 aliphatic rings. The lowest BCUT2D eigenvalue weighted by Crippen LogP contribution is -2.46. The number of hydrogen-bond donors (Lipinski definition) is 2. The zero-order valence-electron chi connectivity index (χ0n) is 13.2. The van der Waals surface area contributed by atoms with Crippen LogP contribution in [0.3, 0.4) is 0 Å². The van der Waals surface area contributed by atoms with Gasteiger partial charge in [-0.25, -0.2) is 0 Å². The monoisotopic (exact) mass is 354 g/mol. The van der Waals surface area contributed by atoms with Gasteiger partial charge in [0.2, 0.25) is 0 Å². The molecule has 0 atom stereocenters. The van der Waals surface area contributed by atoms with Gasteiger partial charge in [-0.3, -0.25) is 9.89 Å². The molecule has 5 nitrogen and oxygen atoms in total. The van der Waals surface area contributed by atoms with Gasteiger partial charge in [0, 0.05) is 12.6 Å². The van der Waals surface area contributed by atoms with E-state index >= 15 is 0 Å². The minimum absolute atomic E-state index is 0. The third-order valence-electron chi connectivity index (χ3n) is 4.06. The van der Waals surface area contributed by atoms with Crippen molar-refractivity contribution in [1.29, 1.82) is 0 Å². The van der Waals surface area contributed by atoms with Crippen molar-refractivity contribution in [3.63, 3.8) is 0 Å². The smallest absolute Gasteiger partial charge is 0.274 e. The molecule has 23 heavy (non-hydrogen) atoms. The summed E-state index contributed by atoms with van der Waals surface area (Å²) in [5, 5.41) is 12.6. The van der Waals surface area contributed by atoms with E-state index in [0.717, 1.165) is 49.5 Å². The van der Waals surface area contributed by atoms with Crippen molar-refractivity contribution >= 4 is 29.7 Å². The average molecular weight is 355 g/mol. The molecule has 2 N–H and O–H groups in total. The van der Waals surface area contributed by atoms with Gasteiger partial charge in [0.15, 0.2) is 5.69 Å². The van der Waals surface area contributed by atoms with Crippen LogP contribution in [0.1, 0.15) is 36.7 Å². The topological polar surface area (TPSA) is 61.0 Å². The summed E-state index contributed by atoms with van der Waals surface area (Å²) in [5.41, 5.74) is 1.44. The van der Waals surface area contributed by atoms with Crippen LogP contribution in [0.25, 0.3) is 10.6 Å². The van der Waals surface area contributed by atoms with Crippen molar-refractivity contribution in [2.45, 2.75) is 32.2 Å². The third-order valence-corrected chi connectivity index (χ3v) is 4.96. The van der Waals surface area contributed by atoms with E-state index in [2.05, 4.69) is 22.4 Å². The van der Waals surface area contributed by atoms with Crippen molar-refractivity contribution in [1.82, 2.24) is 20.4 Å². The van der Waals surface area contributed by atoms with Crippen molar-refractivity contribution in [2.75, 3.05) is 19.6 Å². The van der Waals surface area contributed by atoms with Gasteiger partial charge >= 0.3 is 0 Å². The normalized spacial score (nSPS) is 15.2. The second kappa shape index (κ2) is 8.47. The minimum atomic E-state index is 0. The van der Waals surface area contributed by atoms with Gasteiger partial charge in [0.1, 0.15) is 0 Å². The quantitative estimate of drug-likeness (QED) is 0.867. The number of carbonyl (C=O) groups excluding carboxylic acids is 1. The molecule has 0 spiro atoms. The zero-order valence-corrected chi connectivity index (χ0v) is 14.9. The summed E-state index contributed by atoms with van der Waals surface area (Å²) in [6, 6.07) is 6.23. The molecule has 0 unspecified atom stereocenters. The molecule has 3 heterocycles. The second-order valence-electron chi connectivity index (χ2n) is 5.62. The molecule has 0 aromatic carbocycles. The highest BCUT2D eigenvalue weighted by molar-refractivity contribution is 7.13. The Hall–Kier alpha value is -1.37. The van der Waals surface area contributed by atoms with Crippen molar-refractivity contribution in [3.8, 4) is 10.6 Å². The summed E-state index contributed by atoms with van der Waals surface area (Å²) in [7, 11) is 0. The Morgan fingerprint density at radius 1 is 1.43 bits per heavy atom. The summed E-state index contributed by atoms with van der Waals surface area (Å²) in [6.07, 6.45) is 3.01. The number of rotatable bonds is 5. The van der Waals surface area contributed by atoms with Crippen LogP contribution in [0.4, 0.5) is 0 Å². The van der Waals surface area contributed by atoms with E-state index in [-0.39, 0.29) is 18.3 Å². The Labute approximate surface area is 146 Å². The van der Waals surface area contributed by atoms with E-state index in [9.17, 15) is 4.79 Å². The maximum absolute atomic E-state index is 12.8. The molecule has 1 aliphatic heterocycles. The van der Waals surface area contributed by atoms with Crippen LogP contribution in [0.15, 0.2) is 23.6 Å². The van der Waals surface area contributed by atoms with E-state index < -0.39 is 0 Å². The van der Waals surface area contributed by atoms with Crippen molar-refractivity contribution in [3.05, 3.63) is 29.3 Å². The number of aromatic nitrogens is 2. The Kier molecular flexibility index (Phi) is 6.62. The fraction of sp³-hybridized carbons (Fsp3) is 0.500. The maximum Gasteiger partial charge on any atom is 0.274 e. The summed E-state index contributed by atoms with van der Waals surface area (Å²) >= 11 is 1.64. The molecule has 126 valence electrons. The van der Waals surface area contributed by atoms with Gasteiger partial charge in [-0.05, 0) is 49.9 Å². The predicted molar refractivity (Wildman–Crippen MR) is 96.4 cm³/mol. The SMILES string of the molecule is CCCN(C(=O)c1cc(-c2cccs2)[nH]n1)C1CCNCC1.Cl. The van der Waals surface area contributed by atoms with Gasteiger partial charge < -0.3 is 10.2 Å². The highest BCUT2D eigenvalue weighted by Gasteiger charge is 2.27. The molecule has 0 aliphatic carbocycles. The number of aromatic amines is 1. The van der Waals surface area contributed by atoms with Crippen LogP contribution in [0, 0.1) is 0 Å². The lowest BCUT2D eigenvalue weighted by atomic mass is 10.0. The molecule has 7 heteroatoms. The molecule has 0 bridgehead atoms. The first-order valence-electron chi connectivity index (χ1n) is 7.90. The van der Waals surface area contributed by atoms with Crippen LogP contribution >= 0.6 is 23.7 Å². The molecular formula is C16H23ClN4OS. The fourth-order valence-electron chi connectivity index (χ4n) is 2.95. The number of carbonyl (C=O) groups is 1. The molecule has 1 fully saturated rings. The van der Waals surface area contributed by atoms with Gasteiger partial charge in [0.05, 0.1) is 10.6 Å². The highest BCUT2D eigenvalue weighted by atomic mass is 35.5. The molecule has 1 saturated heterocycles. The second-order valence-corrected chi connectivity index (χ2v) is 6.57. The zero-order chi connectivity index (χ0) is 15.4. The third kappa shape index (κ3) is 4.13. The van der Waals surface area contributed by atoms with Gasteiger partial charge in [-0.15, -0.1) is 23.7 Å². The Bertz CT molecular complexity index is 607. The number of H-pyrrole nitrogens is 1. The predicted octanol–water partition coefficient (Wildman–Crippen LogP) is 3.16. The number of thiophene rings is 1. The van der Waals surface area contributed by atoms with Crippen molar-refractivity contribution < 1.29 is 4.79 Å². The number of hydrogen-bond acceptors (Lipinski definition) is 4. The molecule has 0 saturated carbocycles. The van der Waals surface area contributed by atoms with Crippen molar-refractivity contribution in [2.24, 2.45) is 0 Å². The van der Waals surface area contributed by atoms with Crippen LogP contribution in [-0.4, -0.2) is 46.7 Å². The fourth-order valence-corrected chi connectivity index (χ4v) is 3.64. The first-order valence-corrected chi connectivity index (χ1v) is 8.78. The number of nitrogens with zero attached hydrogens (tertiary/aromatic N) is 2. The standard InChI is InChI=1S/C16H22N4OS.ClH/c1-2-9-20(12-5-7-17-8-6-12)16(21)14-11-13(18-19-14)15-4-3-10-22-15;/h3-4,10-12,17H,2,5-9H2,1H3,(H,18,19);1H. The summed E-state index contributed by atoms with van der Waals surface area (Å²) in [4.78, 5) is 16.0. The first kappa shape index (κ1) is 18.0. The lowest BCUT2D eigenvalue weighted by Gasteiger charge is -2.34. The van der Waals surface area contributed by atoms with E-state index in [4.69, 9.17) is 0 Å². The minimum Gasteiger partial charge on any atom is -0.334 e. The Morgan fingerprint density at radius 2 is 2.22 bits per heavy atom. The maximum atomic E-state index is 12.8. The number of nitrogens with one attached hydrogen (secondary N) is 2. The molecular weight excluding hydrogens is 332 g/mol.